The molecular weight excluding hydrogens is 782 g/mol. The van der Waals surface area contributed by atoms with E-state index >= 15 is 0 Å². The number of carboxylic acid groups (broad SMARTS) is 1. The highest BCUT2D eigenvalue weighted by Gasteiger charge is 2.40. The van der Waals surface area contributed by atoms with Crippen molar-refractivity contribution in [3.05, 3.63) is 12.2 Å². The number of primary amides is 1. The average Bonchev–Trinajstić information content (AvgIpc) is 3.16. The Balaban J connectivity index is 0.0000112. The van der Waals surface area contributed by atoms with E-state index in [-0.39, 0.29) is 50.5 Å². The van der Waals surface area contributed by atoms with Crippen molar-refractivity contribution in [2.45, 2.75) is 180 Å². The SMILES string of the molecule is CCC1NC(=O)C(C(C)CC)NC(=O)C(C)NC(=O)C(C)(NC(=O)C(CCC(N)=O)NC(=O)C(N)C(C)O)CCC/C=C/CCCC(C)(C(=O)NC(C)C)NC1=O.O=CO. The van der Waals surface area contributed by atoms with E-state index in [2.05, 4.69) is 37.2 Å². The summed E-state index contributed by atoms with van der Waals surface area (Å²) >= 11 is 0. The standard InChI is InChI=1S/C39H69N9O9.CH2O2/c1-10-23(5)30-35(55)44-26(11-2)32(52)47-38(8,36(56)42-22(3)4)20-16-14-12-13-15-17-21-39(9,37(57)43-24(6)31(51)46-30)48-33(53)27(18-19-28(40)50)45-34(54)29(41)25(7)49;2-1-3/h12-13,22-27,29-30,49H,10-11,14-21,41H2,1-9H3,(H2,40,50)(H,42,56)(H,43,57)(H,44,55)(H,45,54)(H,46,51)(H,47,52)(H,48,53);1H,(H,2,3)/b13-12+;. The second-order valence-corrected chi connectivity index (χ2v) is 16.0. The van der Waals surface area contributed by atoms with Crippen LogP contribution >= 0.6 is 0 Å². The van der Waals surface area contributed by atoms with E-state index in [0.717, 1.165) is 0 Å². The van der Waals surface area contributed by atoms with Crippen LogP contribution in [0.5, 0.6) is 0 Å². The van der Waals surface area contributed by atoms with E-state index in [4.69, 9.17) is 21.4 Å². The number of carbonyl (C=O) groups excluding carboxylic acids is 8. The van der Waals surface area contributed by atoms with Crippen molar-refractivity contribution in [3.63, 3.8) is 0 Å². The monoisotopic (exact) mass is 854 g/mol. The Bertz CT molecular complexity index is 1510. The summed E-state index contributed by atoms with van der Waals surface area (Å²) in [7, 11) is 0. The van der Waals surface area contributed by atoms with E-state index in [1.165, 1.54) is 20.8 Å². The first-order valence-corrected chi connectivity index (χ1v) is 20.5. The average molecular weight is 854 g/mol. The summed E-state index contributed by atoms with van der Waals surface area (Å²) in [5.41, 5.74) is 8.13. The van der Waals surface area contributed by atoms with Crippen LogP contribution in [0.15, 0.2) is 12.2 Å². The molecule has 1 aliphatic rings. The molecule has 342 valence electrons. The Hall–Kier alpha value is -5.11. The number of amides is 8. The van der Waals surface area contributed by atoms with E-state index in [0.29, 0.717) is 32.1 Å². The molecule has 0 radical (unpaired) electrons. The quantitative estimate of drug-likeness (QED) is 0.0807. The minimum Gasteiger partial charge on any atom is -0.483 e. The minimum absolute atomic E-state index is 0.0721. The largest absolute Gasteiger partial charge is 0.483 e. The molecule has 1 heterocycles. The number of rotatable bonds is 13. The Morgan fingerprint density at radius 3 is 1.97 bits per heavy atom. The zero-order chi connectivity index (χ0) is 46.4. The van der Waals surface area contributed by atoms with Crippen molar-refractivity contribution in [1.29, 1.82) is 0 Å². The Kier molecular flexibility index (Phi) is 24.6. The maximum Gasteiger partial charge on any atom is 0.290 e. The van der Waals surface area contributed by atoms with Gasteiger partial charge in [0.1, 0.15) is 41.3 Å². The van der Waals surface area contributed by atoms with Crippen LogP contribution in [-0.2, 0) is 43.2 Å². The summed E-state index contributed by atoms with van der Waals surface area (Å²) in [5.74, 6) is -5.81. The molecule has 20 nitrogen and oxygen atoms in total. The van der Waals surface area contributed by atoms with Gasteiger partial charge in [-0.2, -0.15) is 0 Å². The molecule has 20 heteroatoms. The van der Waals surface area contributed by atoms with Crippen LogP contribution in [0.3, 0.4) is 0 Å². The second kappa shape index (κ2) is 26.9. The first-order valence-electron chi connectivity index (χ1n) is 20.5. The summed E-state index contributed by atoms with van der Waals surface area (Å²) in [6.45, 7) is 14.5. The van der Waals surface area contributed by atoms with E-state index in [9.17, 15) is 43.5 Å². The van der Waals surface area contributed by atoms with Crippen molar-refractivity contribution < 1.29 is 53.4 Å². The van der Waals surface area contributed by atoms with Gasteiger partial charge >= 0.3 is 0 Å². The second-order valence-electron chi connectivity index (χ2n) is 16.0. The molecule has 1 rings (SSSR count). The summed E-state index contributed by atoms with van der Waals surface area (Å²) in [6.07, 6.45) is 5.01. The molecule has 0 aliphatic carbocycles. The molecule has 60 heavy (non-hydrogen) atoms. The summed E-state index contributed by atoms with van der Waals surface area (Å²) in [4.78, 5) is 115. The lowest BCUT2D eigenvalue weighted by atomic mass is 9.91. The fraction of sp³-hybridized carbons (Fsp3) is 0.725. The van der Waals surface area contributed by atoms with E-state index in [1.807, 2.05) is 32.9 Å². The maximum atomic E-state index is 14.0. The first kappa shape index (κ1) is 54.9. The molecule has 13 N–H and O–H groups in total. The van der Waals surface area contributed by atoms with Crippen molar-refractivity contribution in [1.82, 2.24) is 37.2 Å². The molecule has 0 aromatic carbocycles. The highest BCUT2D eigenvalue weighted by atomic mass is 16.3. The van der Waals surface area contributed by atoms with Crippen molar-refractivity contribution in [3.8, 4) is 0 Å². The zero-order valence-electron chi connectivity index (χ0n) is 36.6. The molecule has 0 fully saturated rings. The lowest BCUT2D eigenvalue weighted by Gasteiger charge is -2.33. The lowest BCUT2D eigenvalue weighted by Crippen LogP contribution is -2.64. The lowest BCUT2D eigenvalue weighted by molar-refractivity contribution is -0.138. The molecule has 9 unspecified atom stereocenters. The van der Waals surface area contributed by atoms with Crippen LogP contribution in [0.4, 0.5) is 0 Å². The van der Waals surface area contributed by atoms with Gasteiger partial charge < -0.3 is 58.9 Å². The van der Waals surface area contributed by atoms with Crippen LogP contribution in [0.1, 0.15) is 127 Å². The predicted octanol–water partition coefficient (Wildman–Crippen LogP) is -0.739. The third kappa shape index (κ3) is 18.9. The number of hydrogen-bond acceptors (Lipinski definition) is 11. The number of nitrogens with one attached hydrogen (secondary N) is 7. The van der Waals surface area contributed by atoms with Crippen molar-refractivity contribution >= 4 is 53.7 Å². The van der Waals surface area contributed by atoms with Crippen LogP contribution in [0.25, 0.3) is 0 Å². The molecule has 8 amide bonds. The van der Waals surface area contributed by atoms with E-state index < -0.39 is 94.7 Å². The normalized spacial score (nSPS) is 26.2. The number of hydrogen-bond donors (Lipinski definition) is 11. The van der Waals surface area contributed by atoms with Gasteiger partial charge in [0.15, 0.2) is 0 Å². The zero-order valence-corrected chi connectivity index (χ0v) is 36.6. The van der Waals surface area contributed by atoms with Gasteiger partial charge in [0.2, 0.25) is 47.3 Å². The van der Waals surface area contributed by atoms with Gasteiger partial charge in [-0.25, -0.2) is 0 Å². The number of aliphatic hydroxyl groups is 1. The molecule has 0 bridgehead atoms. The van der Waals surface area contributed by atoms with Gasteiger partial charge in [-0.3, -0.25) is 43.2 Å². The van der Waals surface area contributed by atoms with E-state index in [1.54, 1.807) is 20.8 Å². The number of allylic oxidation sites excluding steroid dienone is 2. The first-order chi connectivity index (χ1) is 27.9. The van der Waals surface area contributed by atoms with Crippen LogP contribution < -0.4 is 48.7 Å². The predicted molar refractivity (Wildman–Crippen MR) is 223 cm³/mol. The summed E-state index contributed by atoms with van der Waals surface area (Å²) < 4.78 is 0. The molecule has 0 aromatic rings. The van der Waals surface area contributed by atoms with Crippen LogP contribution in [0, 0.1) is 5.92 Å². The Morgan fingerprint density at radius 1 is 0.900 bits per heavy atom. The van der Waals surface area contributed by atoms with Crippen LogP contribution in [-0.4, -0.2) is 117 Å². The smallest absolute Gasteiger partial charge is 0.290 e. The van der Waals surface area contributed by atoms with Gasteiger partial charge in [0, 0.05) is 12.5 Å². The van der Waals surface area contributed by atoms with Gasteiger partial charge in [-0.15, -0.1) is 0 Å². The molecule has 9 atom stereocenters. The topological polar surface area (TPSA) is 330 Å². The molecule has 0 saturated heterocycles. The molecule has 0 spiro atoms. The van der Waals surface area contributed by atoms with Gasteiger partial charge in [-0.05, 0) is 98.8 Å². The minimum atomic E-state index is -1.65. The molecule has 0 aromatic heterocycles. The third-order valence-corrected chi connectivity index (χ3v) is 10.2. The van der Waals surface area contributed by atoms with Crippen molar-refractivity contribution in [2.75, 3.05) is 0 Å². The van der Waals surface area contributed by atoms with Crippen molar-refractivity contribution in [2.24, 2.45) is 17.4 Å². The summed E-state index contributed by atoms with van der Waals surface area (Å²) in [6, 6.07) is -6.27. The number of carbonyl (C=O) groups is 9. The Labute approximate surface area is 353 Å². The maximum absolute atomic E-state index is 14.0. The highest BCUT2D eigenvalue weighted by Crippen LogP contribution is 2.19. The Morgan fingerprint density at radius 2 is 1.47 bits per heavy atom. The highest BCUT2D eigenvalue weighted by molar-refractivity contribution is 5.99. The number of aliphatic hydroxyl groups excluding tert-OH is 1. The fourth-order valence-electron chi connectivity index (χ4n) is 6.05. The van der Waals surface area contributed by atoms with Gasteiger partial charge in [-0.1, -0.05) is 39.3 Å². The fourth-order valence-corrected chi connectivity index (χ4v) is 6.05. The molecule has 0 saturated carbocycles. The summed E-state index contributed by atoms with van der Waals surface area (Å²) in [5, 5.41) is 35.7. The molecular formula is C40H71N9O11. The van der Waals surface area contributed by atoms with Gasteiger partial charge in [0.25, 0.3) is 6.47 Å². The van der Waals surface area contributed by atoms with Crippen LogP contribution in [0.2, 0.25) is 0 Å². The van der Waals surface area contributed by atoms with Gasteiger partial charge in [0.05, 0.1) is 6.10 Å². The molecule has 1 aliphatic heterocycles. The number of nitrogens with two attached hydrogens (primary N) is 2. The third-order valence-electron chi connectivity index (χ3n) is 10.2.